The highest BCUT2D eigenvalue weighted by atomic mass is 19.1. The summed E-state index contributed by atoms with van der Waals surface area (Å²) in [6, 6.07) is 6.30. The largest absolute Gasteiger partial charge is 0.444 e. The van der Waals surface area contributed by atoms with Crippen molar-refractivity contribution in [2.24, 2.45) is 12.5 Å². The first kappa shape index (κ1) is 28.7. The summed E-state index contributed by atoms with van der Waals surface area (Å²) in [7, 11) is 1.88. The number of aromatic nitrogens is 6. The van der Waals surface area contributed by atoms with Gasteiger partial charge in [-0.3, -0.25) is 9.36 Å². The van der Waals surface area contributed by atoms with Gasteiger partial charge in [-0.25, -0.2) is 19.2 Å². The Morgan fingerprint density at radius 2 is 1.77 bits per heavy atom. The third-order valence-electron chi connectivity index (χ3n) is 9.96. The number of ether oxygens (including phenoxy) is 1. The molecule has 4 heterocycles. The Morgan fingerprint density at radius 1 is 1.07 bits per heavy atom. The lowest BCUT2D eigenvalue weighted by Crippen LogP contribution is -2.58. The number of amides is 1. The van der Waals surface area contributed by atoms with E-state index in [1.807, 2.05) is 34.0 Å². The summed E-state index contributed by atoms with van der Waals surface area (Å²) < 4.78 is 23.3. The molecule has 3 aromatic heterocycles. The number of benzene rings is 1. The number of halogens is 1. The van der Waals surface area contributed by atoms with E-state index in [4.69, 9.17) is 19.8 Å². The summed E-state index contributed by atoms with van der Waals surface area (Å²) in [5.41, 5.74) is 4.72. The number of hydrogen-bond acceptors (Lipinski definition) is 7. The molecule has 1 amide bonds. The van der Waals surface area contributed by atoms with Gasteiger partial charge in [0.2, 0.25) is 0 Å². The van der Waals surface area contributed by atoms with Crippen molar-refractivity contribution in [3.05, 3.63) is 53.2 Å². The van der Waals surface area contributed by atoms with Crippen molar-refractivity contribution in [3.8, 4) is 11.4 Å². The molecule has 10 nitrogen and oxygen atoms in total. The Hall–Kier alpha value is -4.02. The summed E-state index contributed by atoms with van der Waals surface area (Å²) in [4.78, 5) is 24.6. The minimum absolute atomic E-state index is 0.147. The lowest BCUT2D eigenvalue weighted by Gasteiger charge is -2.53. The van der Waals surface area contributed by atoms with E-state index >= 15 is 0 Å². The van der Waals surface area contributed by atoms with E-state index in [2.05, 4.69) is 26.9 Å². The first-order valence-corrected chi connectivity index (χ1v) is 15.7. The van der Waals surface area contributed by atoms with Crippen LogP contribution < -0.4 is 10.2 Å². The zero-order valence-corrected chi connectivity index (χ0v) is 26.3. The van der Waals surface area contributed by atoms with Crippen LogP contribution >= 0.6 is 0 Å². The Balaban J connectivity index is 1.10. The third kappa shape index (κ3) is 5.20. The molecule has 1 aromatic carbocycles. The molecule has 3 aliphatic carbocycles. The Kier molecular flexibility index (Phi) is 6.71. The predicted octanol–water partition coefficient (Wildman–Crippen LogP) is 5.85. The van der Waals surface area contributed by atoms with Gasteiger partial charge in [0.05, 0.1) is 17.3 Å². The van der Waals surface area contributed by atoms with Gasteiger partial charge < -0.3 is 15.0 Å². The molecule has 1 aliphatic heterocycles. The summed E-state index contributed by atoms with van der Waals surface area (Å²) in [5, 5.41) is 13.7. The number of hydrogen-bond donors (Lipinski definition) is 1. The highest BCUT2D eigenvalue weighted by molar-refractivity contribution is 5.88. The number of aryl methyl sites for hydroxylation is 2. The SMILES string of the molecule is Cc1nn(CC23CCC(NC(=O)OC(C)(C)C)(CC2)CC3)c2c1CN(c1nc(-c3ccc(F)cc3)nc3c1cnn3C)CC2. The van der Waals surface area contributed by atoms with Gasteiger partial charge in [0.15, 0.2) is 11.5 Å². The van der Waals surface area contributed by atoms with Crippen molar-refractivity contribution in [2.75, 3.05) is 11.4 Å². The second-order valence-electron chi connectivity index (χ2n) is 14.1. The zero-order chi connectivity index (χ0) is 30.9. The molecule has 3 fully saturated rings. The van der Waals surface area contributed by atoms with E-state index in [0.717, 1.165) is 86.1 Å². The number of nitrogens with zero attached hydrogens (tertiary/aromatic N) is 7. The molecule has 44 heavy (non-hydrogen) atoms. The maximum Gasteiger partial charge on any atom is 0.408 e. The summed E-state index contributed by atoms with van der Waals surface area (Å²) in [6.45, 7) is 10.3. The lowest BCUT2D eigenvalue weighted by molar-refractivity contribution is -0.00519. The molecule has 0 spiro atoms. The van der Waals surface area contributed by atoms with Gasteiger partial charge in [0, 0.05) is 55.5 Å². The Morgan fingerprint density at radius 3 is 2.45 bits per heavy atom. The Labute approximate surface area is 257 Å². The van der Waals surface area contributed by atoms with Gasteiger partial charge in [-0.15, -0.1) is 0 Å². The number of carbonyl (C=O) groups is 1. The summed E-state index contributed by atoms with van der Waals surface area (Å²) >= 11 is 0. The smallest absolute Gasteiger partial charge is 0.408 e. The van der Waals surface area contributed by atoms with Gasteiger partial charge in [-0.05, 0) is 95.9 Å². The van der Waals surface area contributed by atoms with Crippen molar-refractivity contribution in [1.29, 1.82) is 0 Å². The molecule has 0 unspecified atom stereocenters. The number of fused-ring (bicyclic) bond motifs is 5. The second-order valence-corrected chi connectivity index (χ2v) is 14.1. The average Bonchev–Trinajstić information content (AvgIpc) is 3.51. The van der Waals surface area contributed by atoms with Crippen LogP contribution in [0.5, 0.6) is 0 Å². The lowest BCUT2D eigenvalue weighted by atomic mass is 9.57. The third-order valence-corrected chi connectivity index (χ3v) is 9.96. The van der Waals surface area contributed by atoms with Gasteiger partial charge in [-0.1, -0.05) is 0 Å². The molecule has 4 aliphatic rings. The monoisotopic (exact) mass is 600 g/mol. The summed E-state index contributed by atoms with van der Waals surface area (Å²) in [6.07, 6.45) is 8.57. The van der Waals surface area contributed by atoms with Crippen LogP contribution in [0.3, 0.4) is 0 Å². The minimum Gasteiger partial charge on any atom is -0.444 e. The quantitative estimate of drug-likeness (QED) is 0.306. The Bertz CT molecular complexity index is 1710. The number of anilines is 1. The van der Waals surface area contributed by atoms with E-state index in [0.29, 0.717) is 12.4 Å². The van der Waals surface area contributed by atoms with Gasteiger partial charge >= 0.3 is 6.09 Å². The van der Waals surface area contributed by atoms with Crippen LogP contribution in [0.15, 0.2) is 30.5 Å². The van der Waals surface area contributed by atoms with E-state index in [1.54, 1.807) is 16.8 Å². The predicted molar refractivity (Wildman–Crippen MR) is 166 cm³/mol. The van der Waals surface area contributed by atoms with Crippen molar-refractivity contribution in [1.82, 2.24) is 34.8 Å². The molecule has 1 N–H and O–H groups in total. The number of alkyl carbamates (subject to hydrolysis) is 1. The fourth-order valence-electron chi connectivity index (χ4n) is 7.48. The van der Waals surface area contributed by atoms with Gasteiger partial charge in [-0.2, -0.15) is 10.2 Å². The maximum atomic E-state index is 13.6. The van der Waals surface area contributed by atoms with Crippen LogP contribution in [0.2, 0.25) is 0 Å². The molecule has 4 aromatic rings. The van der Waals surface area contributed by atoms with Crippen LogP contribution in [-0.4, -0.2) is 53.3 Å². The van der Waals surface area contributed by atoms with Crippen molar-refractivity contribution < 1.29 is 13.9 Å². The van der Waals surface area contributed by atoms with Gasteiger partial charge in [0.25, 0.3) is 0 Å². The number of rotatable bonds is 5. The highest BCUT2D eigenvalue weighted by Gasteiger charge is 2.50. The van der Waals surface area contributed by atoms with E-state index in [1.165, 1.54) is 23.4 Å². The first-order chi connectivity index (χ1) is 20.9. The molecule has 8 rings (SSSR count). The molecular formula is C33H41FN8O2. The highest BCUT2D eigenvalue weighted by Crippen LogP contribution is 2.53. The first-order valence-electron chi connectivity index (χ1n) is 15.7. The van der Waals surface area contributed by atoms with E-state index in [-0.39, 0.29) is 22.9 Å². The van der Waals surface area contributed by atoms with Crippen molar-refractivity contribution >= 4 is 22.9 Å². The van der Waals surface area contributed by atoms with Crippen LogP contribution in [-0.2, 0) is 31.3 Å². The molecule has 0 atom stereocenters. The summed E-state index contributed by atoms with van der Waals surface area (Å²) in [5.74, 6) is 1.11. The van der Waals surface area contributed by atoms with Crippen LogP contribution in [0.4, 0.5) is 15.0 Å². The molecular weight excluding hydrogens is 559 g/mol. The molecule has 0 saturated heterocycles. The maximum absolute atomic E-state index is 13.6. The van der Waals surface area contributed by atoms with Crippen molar-refractivity contribution in [2.45, 2.75) is 96.9 Å². The molecule has 11 heteroatoms. The normalized spacial score (nSPS) is 23.2. The van der Waals surface area contributed by atoms with E-state index in [9.17, 15) is 9.18 Å². The molecule has 2 bridgehead atoms. The fraction of sp³-hybridized carbons (Fsp3) is 0.545. The van der Waals surface area contributed by atoms with Crippen LogP contribution in [0.1, 0.15) is 76.2 Å². The number of carbonyl (C=O) groups excluding carboxylic acids is 1. The second kappa shape index (κ2) is 10.3. The number of nitrogens with one attached hydrogen (secondary N) is 1. The zero-order valence-electron chi connectivity index (χ0n) is 26.3. The molecule has 232 valence electrons. The molecule has 3 saturated carbocycles. The van der Waals surface area contributed by atoms with Gasteiger partial charge in [0.1, 0.15) is 17.2 Å². The fourth-order valence-corrected chi connectivity index (χ4v) is 7.48. The van der Waals surface area contributed by atoms with Crippen LogP contribution in [0.25, 0.3) is 22.4 Å². The standard InChI is InChI=1S/C33H41FN8O2/c1-21-25-19-41(29-24-18-35-40(5)28(24)36-27(37-29)22-6-8-23(34)9-7-22)17-10-26(25)42(39-21)20-32-11-14-33(15-12-32,16-13-32)38-30(43)44-31(2,3)4/h6-9,18H,10-17,19-20H2,1-5H3,(H,38,43). The molecule has 0 radical (unpaired) electrons. The van der Waals surface area contributed by atoms with Crippen LogP contribution in [0, 0.1) is 18.2 Å². The average molecular weight is 601 g/mol. The van der Waals surface area contributed by atoms with Crippen molar-refractivity contribution in [3.63, 3.8) is 0 Å². The minimum atomic E-state index is -0.497. The van der Waals surface area contributed by atoms with E-state index < -0.39 is 5.60 Å². The topological polar surface area (TPSA) is 103 Å².